The van der Waals surface area contributed by atoms with E-state index < -0.39 is 22.0 Å². The number of aliphatic carboxylic acids is 1. The van der Waals surface area contributed by atoms with E-state index in [0.717, 1.165) is 21.7 Å². The number of ether oxygens (including phenoxy) is 1. The standard InChI is InChI=1S/C12H15NO5S/c1-7-4-8(18-2)5-10-9(7)6-11(12(14)15)13(10)19(3,16)17/h4-5,11H,6H2,1-3H3,(H,14,15). The van der Waals surface area contributed by atoms with Gasteiger partial charge in [-0.25, -0.2) is 13.2 Å². The Bertz CT molecular complexity index is 638. The Labute approximate surface area is 111 Å². The van der Waals surface area contributed by atoms with Gasteiger partial charge < -0.3 is 9.84 Å². The van der Waals surface area contributed by atoms with Gasteiger partial charge in [-0.05, 0) is 24.1 Å². The number of hydrogen-bond acceptors (Lipinski definition) is 4. The van der Waals surface area contributed by atoms with E-state index in [1.165, 1.54) is 7.11 Å². The van der Waals surface area contributed by atoms with Crippen molar-refractivity contribution in [3.8, 4) is 5.75 Å². The van der Waals surface area contributed by atoms with Crippen molar-refractivity contribution < 1.29 is 23.1 Å². The highest BCUT2D eigenvalue weighted by Gasteiger charge is 2.40. The molecular formula is C12H15NO5S. The number of fused-ring (bicyclic) bond motifs is 1. The average molecular weight is 285 g/mol. The van der Waals surface area contributed by atoms with Gasteiger partial charge in [0.15, 0.2) is 0 Å². The molecule has 0 saturated carbocycles. The van der Waals surface area contributed by atoms with Crippen LogP contribution in [0.5, 0.6) is 5.75 Å². The van der Waals surface area contributed by atoms with Gasteiger partial charge in [-0.15, -0.1) is 0 Å². The maximum Gasteiger partial charge on any atom is 0.327 e. The molecule has 2 rings (SSSR count). The molecule has 0 aliphatic carbocycles. The molecule has 1 aromatic rings. The monoisotopic (exact) mass is 285 g/mol. The molecule has 1 aliphatic rings. The van der Waals surface area contributed by atoms with E-state index in [1.54, 1.807) is 12.1 Å². The van der Waals surface area contributed by atoms with Crippen LogP contribution in [0.3, 0.4) is 0 Å². The molecule has 0 bridgehead atoms. The summed E-state index contributed by atoms with van der Waals surface area (Å²) in [5.41, 5.74) is 1.96. The van der Waals surface area contributed by atoms with Crippen LogP contribution in [0, 0.1) is 6.92 Å². The van der Waals surface area contributed by atoms with Crippen LogP contribution < -0.4 is 9.04 Å². The Morgan fingerprint density at radius 1 is 1.47 bits per heavy atom. The van der Waals surface area contributed by atoms with Gasteiger partial charge in [0.2, 0.25) is 10.0 Å². The molecule has 1 aromatic carbocycles. The molecule has 0 fully saturated rings. The summed E-state index contributed by atoms with van der Waals surface area (Å²) in [6.07, 6.45) is 1.18. The largest absolute Gasteiger partial charge is 0.497 e. The Balaban J connectivity index is 2.66. The smallest absolute Gasteiger partial charge is 0.327 e. The van der Waals surface area contributed by atoms with Gasteiger partial charge in [0.25, 0.3) is 0 Å². The summed E-state index contributed by atoms with van der Waals surface area (Å²) in [5.74, 6) is -0.643. The molecule has 0 aromatic heterocycles. The molecule has 0 spiro atoms. The van der Waals surface area contributed by atoms with Crippen LogP contribution in [0.4, 0.5) is 5.69 Å². The molecule has 104 valence electrons. The minimum Gasteiger partial charge on any atom is -0.497 e. The SMILES string of the molecule is COc1cc(C)c2c(c1)N(S(C)(=O)=O)C(C(=O)O)C2. The lowest BCUT2D eigenvalue weighted by molar-refractivity contribution is -0.138. The van der Waals surface area contributed by atoms with Crippen molar-refractivity contribution in [2.75, 3.05) is 17.7 Å². The van der Waals surface area contributed by atoms with Gasteiger partial charge in [-0.1, -0.05) is 0 Å². The maximum atomic E-state index is 11.8. The van der Waals surface area contributed by atoms with Crippen molar-refractivity contribution in [1.82, 2.24) is 0 Å². The third kappa shape index (κ3) is 2.25. The predicted octanol–water partition coefficient (Wildman–Crippen LogP) is 0.779. The molecular weight excluding hydrogens is 270 g/mol. The highest BCUT2D eigenvalue weighted by molar-refractivity contribution is 7.92. The normalized spacial score (nSPS) is 18.3. The van der Waals surface area contributed by atoms with Crippen LogP contribution in [-0.4, -0.2) is 38.9 Å². The minimum atomic E-state index is -3.65. The molecule has 1 N–H and O–H groups in total. The summed E-state index contributed by atoms with van der Waals surface area (Å²) in [4.78, 5) is 11.3. The molecule has 1 aliphatic heterocycles. The number of sulfonamides is 1. The van der Waals surface area contributed by atoms with Gasteiger partial charge in [0.05, 0.1) is 19.1 Å². The fourth-order valence-electron chi connectivity index (χ4n) is 2.39. The summed E-state index contributed by atoms with van der Waals surface area (Å²) in [7, 11) is -2.17. The molecule has 1 unspecified atom stereocenters. The van der Waals surface area contributed by atoms with E-state index in [1.807, 2.05) is 6.92 Å². The number of methoxy groups -OCH3 is 1. The quantitative estimate of drug-likeness (QED) is 0.887. The Morgan fingerprint density at radius 3 is 2.58 bits per heavy atom. The lowest BCUT2D eigenvalue weighted by atomic mass is 10.0. The van der Waals surface area contributed by atoms with Gasteiger partial charge >= 0.3 is 5.97 Å². The van der Waals surface area contributed by atoms with Crippen molar-refractivity contribution in [1.29, 1.82) is 0 Å². The first kappa shape index (κ1) is 13.7. The van der Waals surface area contributed by atoms with Crippen LogP contribution in [0.2, 0.25) is 0 Å². The lowest BCUT2D eigenvalue weighted by Crippen LogP contribution is -2.42. The molecule has 19 heavy (non-hydrogen) atoms. The van der Waals surface area contributed by atoms with Gasteiger partial charge in [0, 0.05) is 12.5 Å². The van der Waals surface area contributed by atoms with Crippen molar-refractivity contribution in [2.24, 2.45) is 0 Å². The fourth-order valence-corrected chi connectivity index (χ4v) is 3.53. The van der Waals surface area contributed by atoms with E-state index in [9.17, 15) is 18.3 Å². The summed E-state index contributed by atoms with van der Waals surface area (Å²) in [6, 6.07) is 2.24. The first-order valence-electron chi connectivity index (χ1n) is 5.65. The van der Waals surface area contributed by atoms with E-state index in [2.05, 4.69) is 0 Å². The zero-order chi connectivity index (χ0) is 14.4. The van der Waals surface area contributed by atoms with Crippen molar-refractivity contribution in [3.63, 3.8) is 0 Å². The summed E-state index contributed by atoms with van der Waals surface area (Å²) in [5, 5.41) is 9.20. The molecule has 7 heteroatoms. The second-order valence-electron chi connectivity index (χ2n) is 4.56. The Kier molecular flexibility index (Phi) is 3.17. The first-order valence-corrected chi connectivity index (χ1v) is 7.50. The molecule has 1 heterocycles. The number of aryl methyl sites for hydroxylation is 1. The highest BCUT2D eigenvalue weighted by atomic mass is 32.2. The second kappa shape index (κ2) is 4.41. The van der Waals surface area contributed by atoms with Crippen molar-refractivity contribution >= 4 is 21.7 Å². The minimum absolute atomic E-state index is 0.174. The number of nitrogens with zero attached hydrogens (tertiary/aromatic N) is 1. The number of anilines is 1. The van der Waals surface area contributed by atoms with E-state index in [0.29, 0.717) is 11.4 Å². The molecule has 6 nitrogen and oxygen atoms in total. The maximum absolute atomic E-state index is 11.8. The Hall–Kier alpha value is -1.76. The molecule has 0 saturated heterocycles. The topological polar surface area (TPSA) is 83.9 Å². The lowest BCUT2D eigenvalue weighted by Gasteiger charge is -2.22. The van der Waals surface area contributed by atoms with Gasteiger partial charge in [-0.2, -0.15) is 0 Å². The van der Waals surface area contributed by atoms with Crippen LogP contribution in [0.25, 0.3) is 0 Å². The number of rotatable bonds is 3. The summed E-state index contributed by atoms with van der Waals surface area (Å²) in [6.45, 7) is 1.81. The van der Waals surface area contributed by atoms with Crippen molar-refractivity contribution in [2.45, 2.75) is 19.4 Å². The summed E-state index contributed by atoms with van der Waals surface area (Å²) >= 11 is 0. The van der Waals surface area contributed by atoms with Crippen LogP contribution >= 0.6 is 0 Å². The van der Waals surface area contributed by atoms with E-state index in [-0.39, 0.29) is 6.42 Å². The molecule has 0 amide bonds. The van der Waals surface area contributed by atoms with Gasteiger partial charge in [-0.3, -0.25) is 4.31 Å². The van der Waals surface area contributed by atoms with Crippen LogP contribution in [0.1, 0.15) is 11.1 Å². The number of hydrogen-bond donors (Lipinski definition) is 1. The fraction of sp³-hybridized carbons (Fsp3) is 0.417. The third-order valence-corrected chi connectivity index (χ3v) is 4.38. The van der Waals surface area contributed by atoms with E-state index in [4.69, 9.17) is 4.74 Å². The number of carboxylic acid groups (broad SMARTS) is 1. The van der Waals surface area contributed by atoms with Crippen LogP contribution in [-0.2, 0) is 21.2 Å². The number of benzene rings is 1. The van der Waals surface area contributed by atoms with Gasteiger partial charge in [0.1, 0.15) is 11.8 Å². The number of carboxylic acids is 1. The van der Waals surface area contributed by atoms with Crippen LogP contribution in [0.15, 0.2) is 12.1 Å². The number of carbonyl (C=O) groups is 1. The third-order valence-electron chi connectivity index (χ3n) is 3.22. The summed E-state index contributed by atoms with van der Waals surface area (Å²) < 4.78 is 29.8. The zero-order valence-corrected chi connectivity index (χ0v) is 11.7. The highest BCUT2D eigenvalue weighted by Crippen LogP contribution is 2.39. The zero-order valence-electron chi connectivity index (χ0n) is 10.9. The van der Waals surface area contributed by atoms with Crippen molar-refractivity contribution in [3.05, 3.63) is 23.3 Å². The Morgan fingerprint density at radius 2 is 2.11 bits per heavy atom. The second-order valence-corrected chi connectivity index (χ2v) is 6.42. The van der Waals surface area contributed by atoms with E-state index >= 15 is 0 Å². The molecule has 1 atom stereocenters. The predicted molar refractivity (Wildman–Crippen MR) is 70.2 cm³/mol. The average Bonchev–Trinajstić information content (AvgIpc) is 2.68. The first-order chi connectivity index (χ1) is 8.75. The molecule has 0 radical (unpaired) electrons.